The maximum Gasteiger partial charge on any atom is 0.246 e. The van der Waals surface area contributed by atoms with Gasteiger partial charge in [0.15, 0.2) is 0 Å². The lowest BCUT2D eigenvalue weighted by Gasteiger charge is -2.27. The van der Waals surface area contributed by atoms with Gasteiger partial charge in [-0.15, -0.1) is 12.4 Å². The second kappa shape index (κ2) is 8.32. The number of halogens is 1. The standard InChI is InChI=1S/C21H21N5O2.ClH/c1-14-19(22-9-10-27-14)21-24-20(25-28-21)16-6-4-5-15(11-16)12-26-13-23-17-7-2-3-8-18(17)26;/h2-8,11,13-14,19,22H,9-10,12H2,1H3;1H/t14-,19+;/m1./s1. The molecule has 1 N–H and O–H groups in total. The van der Waals surface area contributed by atoms with Crippen molar-refractivity contribution in [1.82, 2.24) is 25.0 Å². The van der Waals surface area contributed by atoms with Crippen LogP contribution in [0.5, 0.6) is 0 Å². The first-order valence-electron chi connectivity index (χ1n) is 9.46. The lowest BCUT2D eigenvalue weighted by Crippen LogP contribution is -2.40. The summed E-state index contributed by atoms with van der Waals surface area (Å²) < 4.78 is 13.3. The number of nitrogens with one attached hydrogen (secondary N) is 1. The van der Waals surface area contributed by atoms with Gasteiger partial charge < -0.3 is 19.1 Å². The Labute approximate surface area is 174 Å². The summed E-state index contributed by atoms with van der Waals surface area (Å²) in [7, 11) is 0. The molecule has 0 aliphatic carbocycles. The lowest BCUT2D eigenvalue weighted by molar-refractivity contribution is -0.00136. The maximum absolute atomic E-state index is 5.67. The third kappa shape index (κ3) is 3.89. The fourth-order valence-corrected chi connectivity index (χ4v) is 3.63. The van der Waals surface area contributed by atoms with Crippen molar-refractivity contribution in [2.45, 2.75) is 25.6 Å². The van der Waals surface area contributed by atoms with E-state index in [1.807, 2.05) is 43.6 Å². The second-order valence-electron chi connectivity index (χ2n) is 7.03. The van der Waals surface area contributed by atoms with Gasteiger partial charge >= 0.3 is 0 Å². The van der Waals surface area contributed by atoms with Crippen molar-refractivity contribution in [3.63, 3.8) is 0 Å². The summed E-state index contributed by atoms with van der Waals surface area (Å²) in [6.07, 6.45) is 1.88. The molecule has 0 bridgehead atoms. The van der Waals surface area contributed by atoms with E-state index in [1.165, 1.54) is 0 Å². The fourth-order valence-electron chi connectivity index (χ4n) is 3.63. The molecule has 8 heteroatoms. The quantitative estimate of drug-likeness (QED) is 0.552. The van der Waals surface area contributed by atoms with Gasteiger partial charge in [-0.3, -0.25) is 0 Å². The van der Waals surface area contributed by atoms with Crippen LogP contribution in [-0.4, -0.2) is 38.9 Å². The van der Waals surface area contributed by atoms with E-state index in [4.69, 9.17) is 9.26 Å². The van der Waals surface area contributed by atoms with Crippen molar-refractivity contribution >= 4 is 23.4 Å². The number of rotatable bonds is 4. The molecule has 150 valence electrons. The van der Waals surface area contributed by atoms with Crippen LogP contribution in [0.1, 0.15) is 24.4 Å². The molecule has 1 saturated heterocycles. The number of morpholine rings is 1. The molecule has 2 aromatic heterocycles. The summed E-state index contributed by atoms with van der Waals surface area (Å²) in [5.74, 6) is 1.15. The van der Waals surface area contributed by atoms with Crippen molar-refractivity contribution in [2.24, 2.45) is 0 Å². The highest BCUT2D eigenvalue weighted by atomic mass is 35.5. The third-order valence-electron chi connectivity index (χ3n) is 5.09. The average Bonchev–Trinajstić information content (AvgIpc) is 3.37. The van der Waals surface area contributed by atoms with Crippen LogP contribution in [0.4, 0.5) is 0 Å². The molecule has 5 rings (SSSR count). The predicted octanol–water partition coefficient (Wildman–Crippen LogP) is 3.61. The highest BCUT2D eigenvalue weighted by Crippen LogP contribution is 2.24. The number of imidazole rings is 1. The number of ether oxygens (including phenoxy) is 1. The minimum atomic E-state index is -0.0736. The number of benzene rings is 2. The van der Waals surface area contributed by atoms with Crippen LogP contribution in [0.3, 0.4) is 0 Å². The van der Waals surface area contributed by atoms with Crippen LogP contribution >= 0.6 is 12.4 Å². The molecule has 3 heterocycles. The van der Waals surface area contributed by atoms with E-state index in [0.29, 0.717) is 18.3 Å². The maximum atomic E-state index is 5.67. The molecular formula is C21H22ClN5O2. The SMILES string of the molecule is C[C@H]1OCCN[C@@H]1c1nc(-c2cccc(Cn3cnc4ccccc43)c2)no1.Cl. The van der Waals surface area contributed by atoms with E-state index >= 15 is 0 Å². The summed E-state index contributed by atoms with van der Waals surface area (Å²) >= 11 is 0. The molecule has 2 atom stereocenters. The van der Waals surface area contributed by atoms with E-state index < -0.39 is 0 Å². The number of hydrogen-bond acceptors (Lipinski definition) is 6. The van der Waals surface area contributed by atoms with Crippen molar-refractivity contribution < 1.29 is 9.26 Å². The summed E-state index contributed by atoms with van der Waals surface area (Å²) in [5.41, 5.74) is 4.20. The molecule has 1 aliphatic heterocycles. The molecule has 29 heavy (non-hydrogen) atoms. The summed E-state index contributed by atoms with van der Waals surface area (Å²) in [5, 5.41) is 7.56. The Bertz CT molecular complexity index is 1110. The zero-order chi connectivity index (χ0) is 18.9. The van der Waals surface area contributed by atoms with Crippen LogP contribution < -0.4 is 5.32 Å². The van der Waals surface area contributed by atoms with Gasteiger partial charge in [0.25, 0.3) is 0 Å². The highest BCUT2D eigenvalue weighted by Gasteiger charge is 2.28. The molecule has 7 nitrogen and oxygen atoms in total. The molecular weight excluding hydrogens is 390 g/mol. The van der Waals surface area contributed by atoms with Crippen molar-refractivity contribution in [3.8, 4) is 11.4 Å². The topological polar surface area (TPSA) is 78.0 Å². The normalized spacial score (nSPS) is 19.2. The molecule has 1 aliphatic rings. The van der Waals surface area contributed by atoms with Gasteiger partial charge in [0, 0.05) is 18.7 Å². The minimum Gasteiger partial charge on any atom is -0.375 e. The van der Waals surface area contributed by atoms with Crippen LogP contribution in [0.25, 0.3) is 22.4 Å². The van der Waals surface area contributed by atoms with Gasteiger partial charge in [-0.2, -0.15) is 4.98 Å². The molecule has 0 saturated carbocycles. The van der Waals surface area contributed by atoms with Gasteiger partial charge in [-0.05, 0) is 30.7 Å². The van der Waals surface area contributed by atoms with Crippen LogP contribution in [0.15, 0.2) is 59.4 Å². The van der Waals surface area contributed by atoms with E-state index in [1.54, 1.807) is 0 Å². The number of hydrogen-bond donors (Lipinski definition) is 1. The Balaban J connectivity index is 0.00000205. The Morgan fingerprint density at radius 2 is 2.07 bits per heavy atom. The Morgan fingerprint density at radius 3 is 2.97 bits per heavy atom. The molecule has 4 aromatic rings. The van der Waals surface area contributed by atoms with Gasteiger partial charge in [0.2, 0.25) is 11.7 Å². The number of fused-ring (bicyclic) bond motifs is 1. The average molecular weight is 412 g/mol. The van der Waals surface area contributed by atoms with Crippen LogP contribution in [-0.2, 0) is 11.3 Å². The first kappa shape index (κ1) is 19.6. The predicted molar refractivity (Wildman–Crippen MR) is 112 cm³/mol. The largest absolute Gasteiger partial charge is 0.375 e. The Morgan fingerprint density at radius 1 is 1.17 bits per heavy atom. The molecule has 1 fully saturated rings. The summed E-state index contributed by atoms with van der Waals surface area (Å²) in [6, 6.07) is 16.3. The summed E-state index contributed by atoms with van der Waals surface area (Å²) in [4.78, 5) is 9.07. The minimum absolute atomic E-state index is 0. The van der Waals surface area contributed by atoms with Gasteiger partial charge in [-0.1, -0.05) is 35.5 Å². The van der Waals surface area contributed by atoms with Gasteiger partial charge in [0.1, 0.15) is 6.04 Å². The van der Waals surface area contributed by atoms with E-state index in [-0.39, 0.29) is 24.6 Å². The van der Waals surface area contributed by atoms with E-state index in [0.717, 1.165) is 35.2 Å². The number of aromatic nitrogens is 4. The molecule has 2 aromatic carbocycles. The summed E-state index contributed by atoms with van der Waals surface area (Å²) in [6.45, 7) is 4.22. The molecule has 0 amide bonds. The monoisotopic (exact) mass is 411 g/mol. The van der Waals surface area contributed by atoms with E-state index in [2.05, 4.69) is 43.2 Å². The fraction of sp³-hybridized carbons (Fsp3) is 0.286. The Hall–Kier alpha value is -2.74. The molecule has 0 radical (unpaired) electrons. The van der Waals surface area contributed by atoms with Gasteiger partial charge in [-0.25, -0.2) is 4.98 Å². The zero-order valence-corrected chi connectivity index (χ0v) is 16.8. The lowest BCUT2D eigenvalue weighted by atomic mass is 10.1. The van der Waals surface area contributed by atoms with Crippen molar-refractivity contribution in [2.75, 3.05) is 13.2 Å². The van der Waals surface area contributed by atoms with Crippen molar-refractivity contribution in [3.05, 3.63) is 66.3 Å². The second-order valence-corrected chi connectivity index (χ2v) is 7.03. The highest BCUT2D eigenvalue weighted by molar-refractivity contribution is 5.85. The molecule has 0 spiro atoms. The number of nitrogens with zero attached hydrogens (tertiary/aromatic N) is 4. The van der Waals surface area contributed by atoms with Crippen LogP contribution in [0, 0.1) is 0 Å². The first-order valence-corrected chi connectivity index (χ1v) is 9.46. The van der Waals surface area contributed by atoms with E-state index in [9.17, 15) is 0 Å². The Kier molecular flexibility index (Phi) is 5.62. The van der Waals surface area contributed by atoms with Crippen LogP contribution in [0.2, 0.25) is 0 Å². The third-order valence-corrected chi connectivity index (χ3v) is 5.09. The van der Waals surface area contributed by atoms with Crippen molar-refractivity contribution in [1.29, 1.82) is 0 Å². The smallest absolute Gasteiger partial charge is 0.246 e. The zero-order valence-electron chi connectivity index (χ0n) is 16.0. The molecule has 0 unspecified atom stereocenters. The number of para-hydroxylation sites is 2. The first-order chi connectivity index (χ1) is 13.8. The van der Waals surface area contributed by atoms with Gasteiger partial charge in [0.05, 0.1) is 30.1 Å².